The van der Waals surface area contributed by atoms with E-state index in [1.54, 1.807) is 0 Å². The van der Waals surface area contributed by atoms with Gasteiger partial charge in [0.15, 0.2) is 0 Å². The molecule has 0 N–H and O–H groups in total. The largest absolute Gasteiger partial charge is 1.00 e. The maximum atomic E-state index is 11.4. The molecule has 0 bridgehead atoms. The summed E-state index contributed by atoms with van der Waals surface area (Å²) in [4.78, 5) is 30.1. The van der Waals surface area contributed by atoms with E-state index >= 15 is 0 Å². The van der Waals surface area contributed by atoms with Gasteiger partial charge in [-0.3, -0.25) is 27.4 Å². The summed E-state index contributed by atoms with van der Waals surface area (Å²) in [7, 11) is 0.103. The summed E-state index contributed by atoms with van der Waals surface area (Å²) >= 11 is 0. The molecule has 1 saturated heterocycles. The van der Waals surface area contributed by atoms with Gasteiger partial charge in [0.2, 0.25) is 0 Å². The monoisotopic (exact) mass is 313 g/mol. The lowest BCUT2D eigenvalue weighted by molar-refractivity contribution is -0.522. The zero-order valence-corrected chi connectivity index (χ0v) is 11.7. The summed E-state index contributed by atoms with van der Waals surface area (Å²) in [6, 6.07) is 0.565. The fourth-order valence-corrected chi connectivity index (χ4v) is 1.91. The van der Waals surface area contributed by atoms with E-state index in [0.717, 1.165) is 24.6 Å². The Morgan fingerprint density at radius 3 is 2.10 bits per heavy atom. The molecule has 2 heterocycles. The maximum Gasteiger partial charge on any atom is 0.762 e. The van der Waals surface area contributed by atoms with Gasteiger partial charge < -0.3 is 4.70 Å². The molecule has 0 aromatic rings. The molecule has 0 saturated carbocycles. The minimum Gasteiger partial charge on any atom is -1.00 e. The van der Waals surface area contributed by atoms with Crippen molar-refractivity contribution >= 4 is 25.4 Å². The molecule has 0 aromatic carbocycles. The molecule has 6 nitrogen and oxygen atoms in total. The normalized spacial score (nSPS) is 18.1. The van der Waals surface area contributed by atoms with Gasteiger partial charge in [0, 0.05) is 19.3 Å². The number of carbonyl (C=O) groups excluding carboxylic acids is 2. The first-order valence-electron chi connectivity index (χ1n) is 6.08. The Balaban J connectivity index is 0.000000715. The number of imide groups is 1. The van der Waals surface area contributed by atoms with Crippen LogP contribution in [-0.2, 0) is 14.4 Å². The quantitative estimate of drug-likeness (QED) is 0.229. The van der Waals surface area contributed by atoms with E-state index in [1.807, 2.05) is 23.6 Å². The van der Waals surface area contributed by atoms with E-state index in [-0.39, 0.29) is 29.4 Å². The van der Waals surface area contributed by atoms with Gasteiger partial charge in [0.1, 0.15) is 0 Å². The van der Waals surface area contributed by atoms with Gasteiger partial charge in [0.25, 0.3) is 11.8 Å². The zero-order chi connectivity index (χ0) is 15.3. The molecular formula is C10H16BF4N3O3. The molecule has 0 aromatic heterocycles. The standard InChI is InChI=1S/C10H16N3O3.BF3.FH/c1-11-6-3-7-12(2)10(11)16-13-8(14)4-5-9(13)15;2-1(3)4;/h3-7H2,1-2H3;;1H/q+1;;/p-1. The highest BCUT2D eigenvalue weighted by molar-refractivity contribution is 6.33. The third-order valence-corrected chi connectivity index (χ3v) is 2.82. The molecule has 0 atom stereocenters. The van der Waals surface area contributed by atoms with E-state index in [2.05, 4.69) is 0 Å². The Morgan fingerprint density at radius 2 is 1.67 bits per heavy atom. The summed E-state index contributed by atoms with van der Waals surface area (Å²) in [6.45, 7) is 1.74. The third kappa shape index (κ3) is 5.60. The number of halogens is 4. The van der Waals surface area contributed by atoms with Crippen LogP contribution < -0.4 is 4.70 Å². The van der Waals surface area contributed by atoms with Crippen LogP contribution in [0.15, 0.2) is 0 Å². The summed E-state index contributed by atoms with van der Waals surface area (Å²) in [5.41, 5.74) is 0. The number of rotatable bonds is 1. The molecule has 1 fully saturated rings. The van der Waals surface area contributed by atoms with Crippen molar-refractivity contribution in [2.24, 2.45) is 0 Å². The van der Waals surface area contributed by atoms with Gasteiger partial charge in [-0.1, -0.05) is 5.06 Å². The summed E-state index contributed by atoms with van der Waals surface area (Å²) in [5.74, 6) is -0.519. The van der Waals surface area contributed by atoms with Crippen LogP contribution in [0.2, 0.25) is 0 Å². The third-order valence-electron chi connectivity index (χ3n) is 2.82. The lowest BCUT2D eigenvalue weighted by atomic mass is 10.3. The predicted molar refractivity (Wildman–Crippen MR) is 64.6 cm³/mol. The van der Waals surface area contributed by atoms with Crippen LogP contribution in [0.25, 0.3) is 0 Å². The highest BCUT2D eigenvalue weighted by Crippen LogP contribution is 2.13. The number of amidine groups is 1. The first kappa shape index (κ1) is 19.2. The molecule has 21 heavy (non-hydrogen) atoms. The van der Waals surface area contributed by atoms with Crippen molar-refractivity contribution in [3.63, 3.8) is 0 Å². The lowest BCUT2D eigenvalue weighted by Gasteiger charge is -2.23. The van der Waals surface area contributed by atoms with Crippen molar-refractivity contribution in [2.45, 2.75) is 19.3 Å². The number of nitrogens with zero attached hydrogens (tertiary/aromatic N) is 3. The van der Waals surface area contributed by atoms with Crippen LogP contribution in [0.4, 0.5) is 12.9 Å². The second-order valence-electron chi connectivity index (χ2n) is 4.40. The Morgan fingerprint density at radius 1 is 1.19 bits per heavy atom. The Labute approximate surface area is 119 Å². The van der Waals surface area contributed by atoms with Gasteiger partial charge in [-0.2, -0.15) is 0 Å². The maximum absolute atomic E-state index is 11.4. The van der Waals surface area contributed by atoms with Crippen molar-refractivity contribution in [2.75, 3.05) is 27.2 Å². The highest BCUT2D eigenvalue weighted by atomic mass is 19.4. The molecule has 2 aliphatic rings. The van der Waals surface area contributed by atoms with E-state index in [4.69, 9.17) is 4.84 Å². The van der Waals surface area contributed by atoms with Crippen LogP contribution >= 0.6 is 0 Å². The van der Waals surface area contributed by atoms with Crippen molar-refractivity contribution in [1.29, 1.82) is 0 Å². The Hall–Kier alpha value is -1.81. The van der Waals surface area contributed by atoms with Crippen LogP contribution in [-0.4, -0.2) is 67.1 Å². The van der Waals surface area contributed by atoms with Crippen LogP contribution in [0, 0.1) is 0 Å². The Bertz CT molecular complexity index is 404. The van der Waals surface area contributed by atoms with Crippen molar-refractivity contribution in [1.82, 2.24) is 9.96 Å². The molecule has 11 heteroatoms. The number of hydrogen-bond acceptors (Lipinski definition) is 4. The Kier molecular flexibility index (Phi) is 7.75. The first-order chi connectivity index (χ1) is 9.32. The molecule has 120 valence electrons. The molecule has 2 rings (SSSR count). The molecule has 2 amide bonds. The fourth-order valence-electron chi connectivity index (χ4n) is 1.91. The fraction of sp³-hybridized carbons (Fsp3) is 0.700. The number of hydrogen-bond donors (Lipinski definition) is 0. The second-order valence-corrected chi connectivity index (χ2v) is 4.40. The van der Waals surface area contributed by atoms with Gasteiger partial charge in [-0.15, -0.1) is 0 Å². The van der Waals surface area contributed by atoms with E-state index in [0.29, 0.717) is 6.02 Å². The first-order valence-corrected chi connectivity index (χ1v) is 6.08. The van der Waals surface area contributed by atoms with E-state index in [9.17, 15) is 22.5 Å². The summed E-state index contributed by atoms with van der Waals surface area (Å²) in [6.07, 6.45) is 1.54. The van der Waals surface area contributed by atoms with Crippen LogP contribution in [0.1, 0.15) is 19.3 Å². The predicted octanol–water partition coefficient (Wildman–Crippen LogP) is -2.72. The molecule has 0 unspecified atom stereocenters. The molecule has 0 aliphatic carbocycles. The van der Waals surface area contributed by atoms with E-state index in [1.165, 1.54) is 0 Å². The number of hydroxylamine groups is 2. The highest BCUT2D eigenvalue weighted by Gasteiger charge is 2.36. The average molecular weight is 313 g/mol. The zero-order valence-electron chi connectivity index (χ0n) is 11.7. The van der Waals surface area contributed by atoms with Gasteiger partial charge >= 0.3 is 13.6 Å². The molecular weight excluding hydrogens is 297 g/mol. The second kappa shape index (κ2) is 8.47. The average Bonchev–Trinajstić information content (AvgIpc) is 2.64. The summed E-state index contributed by atoms with van der Waals surface area (Å²) < 4.78 is 30.9. The lowest BCUT2D eigenvalue weighted by Crippen LogP contribution is -3.00. The van der Waals surface area contributed by atoms with Crippen molar-refractivity contribution in [3.8, 4) is 0 Å². The summed E-state index contributed by atoms with van der Waals surface area (Å²) in [5, 5.41) is 0.883. The van der Waals surface area contributed by atoms with Gasteiger partial charge in [-0.05, 0) is 0 Å². The molecule has 0 radical (unpaired) electrons. The SMILES string of the molecule is CN1CCC[N+](C)=C1ON1C(=O)CCC1=O.FB(F)F.[F-]. The van der Waals surface area contributed by atoms with Gasteiger partial charge in [0.05, 0.1) is 27.2 Å². The van der Waals surface area contributed by atoms with Crippen molar-refractivity contribution in [3.05, 3.63) is 0 Å². The topological polar surface area (TPSA) is 52.9 Å². The number of carbonyl (C=O) groups is 2. The minimum atomic E-state index is -3.67. The number of amides is 2. The smallest absolute Gasteiger partial charge is 0.762 e. The molecule has 2 aliphatic heterocycles. The minimum absolute atomic E-state index is 0. The molecule has 0 spiro atoms. The van der Waals surface area contributed by atoms with Gasteiger partial charge in [-0.25, -0.2) is 9.48 Å². The van der Waals surface area contributed by atoms with Crippen LogP contribution in [0.3, 0.4) is 0 Å². The van der Waals surface area contributed by atoms with Crippen LogP contribution in [0.5, 0.6) is 0 Å². The van der Waals surface area contributed by atoms with E-state index < -0.39 is 7.54 Å². The van der Waals surface area contributed by atoms with Crippen molar-refractivity contribution < 1.29 is 36.7 Å².